The van der Waals surface area contributed by atoms with E-state index in [1.807, 2.05) is 66.9 Å². The molecule has 0 saturated heterocycles. The van der Waals surface area contributed by atoms with E-state index in [1.165, 1.54) is 0 Å². The van der Waals surface area contributed by atoms with E-state index in [0.717, 1.165) is 49.8 Å². The van der Waals surface area contributed by atoms with E-state index in [-0.39, 0.29) is 0 Å². The van der Waals surface area contributed by atoms with Crippen molar-refractivity contribution in [2.75, 3.05) is 0 Å². The van der Waals surface area contributed by atoms with Gasteiger partial charge < -0.3 is 4.98 Å². The van der Waals surface area contributed by atoms with Crippen molar-refractivity contribution in [3.63, 3.8) is 0 Å². The number of aromatic nitrogens is 3. The molecule has 6 rings (SSSR count). The summed E-state index contributed by atoms with van der Waals surface area (Å²) >= 11 is 0. The smallest absolute Gasteiger partial charge is 0.102 e. The number of aromatic amines is 1. The van der Waals surface area contributed by atoms with Gasteiger partial charge in [0.25, 0.3) is 0 Å². The third kappa shape index (κ3) is 3.15. The van der Waals surface area contributed by atoms with Gasteiger partial charge in [-0.25, -0.2) is 4.98 Å². The van der Waals surface area contributed by atoms with Crippen molar-refractivity contribution in [1.29, 1.82) is 5.26 Å². The van der Waals surface area contributed by atoms with Crippen LogP contribution in [0.25, 0.3) is 55.4 Å². The Morgan fingerprint density at radius 2 is 1.48 bits per heavy atom. The largest absolute Gasteiger partial charge is 0.360 e. The van der Waals surface area contributed by atoms with Gasteiger partial charge in [-0.3, -0.25) is 4.98 Å². The molecule has 0 spiro atoms. The van der Waals surface area contributed by atoms with Crippen molar-refractivity contribution in [3.05, 3.63) is 109 Å². The summed E-state index contributed by atoms with van der Waals surface area (Å²) in [7, 11) is 0. The Hall–Kier alpha value is -4.75. The minimum Gasteiger partial charge on any atom is -0.360 e. The van der Waals surface area contributed by atoms with Gasteiger partial charge in [0.1, 0.15) is 6.07 Å². The molecule has 0 atom stereocenters. The van der Waals surface area contributed by atoms with E-state index >= 15 is 0 Å². The van der Waals surface area contributed by atoms with Gasteiger partial charge in [0.2, 0.25) is 0 Å². The van der Waals surface area contributed by atoms with E-state index in [4.69, 9.17) is 4.98 Å². The maximum absolute atomic E-state index is 10.3. The molecule has 3 aromatic heterocycles. The van der Waals surface area contributed by atoms with Gasteiger partial charge in [-0.05, 0) is 40.6 Å². The molecule has 0 aliphatic carbocycles. The molecule has 0 aliphatic rings. The van der Waals surface area contributed by atoms with Gasteiger partial charge in [-0.1, -0.05) is 66.7 Å². The minimum atomic E-state index is 0.552. The van der Waals surface area contributed by atoms with Crippen LogP contribution in [0.3, 0.4) is 0 Å². The molecular formula is C29H18N4. The number of H-pyrrole nitrogens is 1. The zero-order valence-corrected chi connectivity index (χ0v) is 17.7. The van der Waals surface area contributed by atoms with Crippen molar-refractivity contribution >= 4 is 21.7 Å². The zero-order valence-electron chi connectivity index (χ0n) is 17.7. The first-order valence-electron chi connectivity index (χ1n) is 10.7. The van der Waals surface area contributed by atoms with Crippen LogP contribution in [-0.4, -0.2) is 15.0 Å². The van der Waals surface area contributed by atoms with E-state index in [0.29, 0.717) is 11.3 Å². The first kappa shape index (κ1) is 19.0. The van der Waals surface area contributed by atoms with Crippen LogP contribution >= 0.6 is 0 Å². The zero-order chi connectivity index (χ0) is 22.2. The second-order valence-electron chi connectivity index (χ2n) is 7.88. The van der Waals surface area contributed by atoms with E-state index in [2.05, 4.69) is 46.4 Å². The molecule has 0 amide bonds. The van der Waals surface area contributed by atoms with Crippen LogP contribution in [-0.2, 0) is 0 Å². The first-order valence-corrected chi connectivity index (χ1v) is 10.7. The second kappa shape index (κ2) is 7.74. The lowest BCUT2D eigenvalue weighted by Gasteiger charge is -2.14. The predicted octanol–water partition coefficient (Wildman–Crippen LogP) is 6.98. The van der Waals surface area contributed by atoms with E-state index in [1.54, 1.807) is 6.20 Å². The molecule has 1 N–H and O–H groups in total. The molecule has 0 unspecified atom stereocenters. The Kier molecular flexibility index (Phi) is 4.45. The highest BCUT2D eigenvalue weighted by atomic mass is 14.8. The van der Waals surface area contributed by atoms with Gasteiger partial charge in [0, 0.05) is 34.4 Å². The number of hydrogen-bond acceptors (Lipinski definition) is 3. The summed E-state index contributed by atoms with van der Waals surface area (Å²) in [6, 6.07) is 32.7. The summed E-state index contributed by atoms with van der Waals surface area (Å²) in [4.78, 5) is 12.8. The molecule has 0 radical (unpaired) electrons. The summed E-state index contributed by atoms with van der Waals surface area (Å²) in [5.74, 6) is 0. The van der Waals surface area contributed by atoms with Gasteiger partial charge in [-0.15, -0.1) is 0 Å². The monoisotopic (exact) mass is 422 g/mol. The fraction of sp³-hybridized carbons (Fsp3) is 0. The lowest BCUT2D eigenvalue weighted by atomic mass is 9.92. The fourth-order valence-corrected chi connectivity index (χ4v) is 4.44. The molecule has 4 heteroatoms. The van der Waals surface area contributed by atoms with Crippen LogP contribution in [0.15, 0.2) is 103 Å². The first-order chi connectivity index (χ1) is 16.3. The Bertz CT molecular complexity index is 1670. The van der Waals surface area contributed by atoms with Crippen LogP contribution in [0.1, 0.15) is 5.56 Å². The Labute approximate surface area is 190 Å². The Morgan fingerprint density at radius 1 is 0.697 bits per heavy atom. The van der Waals surface area contributed by atoms with Crippen molar-refractivity contribution in [1.82, 2.24) is 15.0 Å². The van der Waals surface area contributed by atoms with Gasteiger partial charge in [0.05, 0.1) is 22.6 Å². The summed E-state index contributed by atoms with van der Waals surface area (Å²) in [6.45, 7) is 0. The highest BCUT2D eigenvalue weighted by Gasteiger charge is 2.20. The van der Waals surface area contributed by atoms with Gasteiger partial charge in [-0.2, -0.15) is 5.26 Å². The molecule has 0 fully saturated rings. The molecule has 3 aromatic carbocycles. The lowest BCUT2D eigenvalue weighted by molar-refractivity contribution is 1.24. The molecule has 33 heavy (non-hydrogen) atoms. The maximum Gasteiger partial charge on any atom is 0.102 e. The molecule has 0 saturated carbocycles. The standard InChI is InChI=1S/C29H18N4/c30-17-24-23(21-12-7-9-19-8-1-2-10-20(19)21)16-28(27-14-5-6-15-31-27)33-29(24)25-18-32-26-13-4-3-11-22(25)26/h1-16,18,32H. The van der Waals surface area contributed by atoms with Crippen molar-refractivity contribution in [3.8, 4) is 39.8 Å². The summed E-state index contributed by atoms with van der Waals surface area (Å²) in [5.41, 5.74) is 6.48. The van der Waals surface area contributed by atoms with Crippen LogP contribution < -0.4 is 0 Å². The molecule has 3 heterocycles. The van der Waals surface area contributed by atoms with Gasteiger partial charge >= 0.3 is 0 Å². The Morgan fingerprint density at radius 3 is 2.33 bits per heavy atom. The van der Waals surface area contributed by atoms with Crippen molar-refractivity contribution in [2.45, 2.75) is 0 Å². The minimum absolute atomic E-state index is 0.552. The molecular weight excluding hydrogens is 404 g/mol. The molecule has 6 aromatic rings. The van der Waals surface area contributed by atoms with Crippen LogP contribution in [0.2, 0.25) is 0 Å². The number of benzene rings is 3. The van der Waals surface area contributed by atoms with E-state index < -0.39 is 0 Å². The van der Waals surface area contributed by atoms with Gasteiger partial charge in [0.15, 0.2) is 0 Å². The summed E-state index contributed by atoms with van der Waals surface area (Å²) in [5, 5.41) is 13.6. The number of pyridine rings is 2. The number of hydrogen-bond donors (Lipinski definition) is 1. The van der Waals surface area contributed by atoms with Crippen molar-refractivity contribution in [2.24, 2.45) is 0 Å². The highest BCUT2D eigenvalue weighted by Crippen LogP contribution is 2.39. The molecule has 4 nitrogen and oxygen atoms in total. The molecule has 0 aliphatic heterocycles. The van der Waals surface area contributed by atoms with Crippen LogP contribution in [0.4, 0.5) is 0 Å². The number of nitriles is 1. The Balaban J connectivity index is 1.72. The number of rotatable bonds is 3. The summed E-state index contributed by atoms with van der Waals surface area (Å²) < 4.78 is 0. The fourth-order valence-electron chi connectivity index (χ4n) is 4.44. The summed E-state index contributed by atoms with van der Waals surface area (Å²) in [6.07, 6.45) is 3.70. The SMILES string of the molecule is N#Cc1c(-c2cccc3ccccc23)cc(-c2ccccn2)nc1-c1c[nH]c2ccccc12. The van der Waals surface area contributed by atoms with E-state index in [9.17, 15) is 5.26 Å². The average molecular weight is 422 g/mol. The molecule has 154 valence electrons. The quantitative estimate of drug-likeness (QED) is 0.334. The third-order valence-electron chi connectivity index (χ3n) is 5.98. The lowest BCUT2D eigenvalue weighted by Crippen LogP contribution is -1.98. The number of para-hydroxylation sites is 1. The van der Waals surface area contributed by atoms with Crippen LogP contribution in [0, 0.1) is 11.3 Å². The topological polar surface area (TPSA) is 65.4 Å². The number of fused-ring (bicyclic) bond motifs is 2. The maximum atomic E-state index is 10.3. The highest BCUT2D eigenvalue weighted by molar-refractivity contribution is 6.02. The van der Waals surface area contributed by atoms with Crippen LogP contribution in [0.5, 0.6) is 0 Å². The average Bonchev–Trinajstić information content (AvgIpc) is 3.32. The van der Waals surface area contributed by atoms with Crippen molar-refractivity contribution < 1.29 is 0 Å². The number of nitrogens with zero attached hydrogens (tertiary/aromatic N) is 3. The predicted molar refractivity (Wildman–Crippen MR) is 132 cm³/mol. The number of nitrogens with one attached hydrogen (secondary N) is 1. The second-order valence-corrected chi connectivity index (χ2v) is 7.88. The third-order valence-corrected chi connectivity index (χ3v) is 5.98. The molecule has 0 bridgehead atoms. The normalized spacial score (nSPS) is 11.0.